The zero-order valence-corrected chi connectivity index (χ0v) is 10.3. The molecule has 2 aromatic rings. The summed E-state index contributed by atoms with van der Waals surface area (Å²) in [4.78, 5) is 11.6. The van der Waals surface area contributed by atoms with E-state index in [1.54, 1.807) is 12.1 Å². The van der Waals surface area contributed by atoms with Gasteiger partial charge in [0.25, 0.3) is 0 Å². The number of esters is 1. The predicted octanol–water partition coefficient (Wildman–Crippen LogP) is 3.59. The van der Waals surface area contributed by atoms with Crippen LogP contribution in [0, 0.1) is 0 Å². The van der Waals surface area contributed by atoms with Crippen LogP contribution in [0.5, 0.6) is 5.75 Å². The van der Waals surface area contributed by atoms with Crippen molar-refractivity contribution in [1.82, 2.24) is 0 Å². The van der Waals surface area contributed by atoms with Crippen molar-refractivity contribution in [3.05, 3.63) is 54.1 Å². The molecule has 96 valence electrons. The third-order valence-corrected chi connectivity index (χ3v) is 2.41. The van der Waals surface area contributed by atoms with Crippen LogP contribution in [0.1, 0.15) is 10.4 Å². The second-order valence-electron chi connectivity index (χ2n) is 3.73. The van der Waals surface area contributed by atoms with Crippen LogP contribution < -0.4 is 0 Å². The van der Waals surface area contributed by atoms with Crippen molar-refractivity contribution in [3.8, 4) is 5.75 Å². The van der Waals surface area contributed by atoms with Gasteiger partial charge in [0, 0.05) is 0 Å². The Bertz CT molecular complexity index is 609. The molecule has 1 N–H and O–H groups in total. The largest absolute Gasteiger partial charge is 0.508 e. The maximum Gasteiger partial charge on any atom is 0.340 e. The highest BCUT2D eigenvalue weighted by Crippen LogP contribution is 2.26. The molecule has 19 heavy (non-hydrogen) atoms. The topological polar surface area (TPSA) is 71.2 Å². The molecule has 0 heterocycles. The molecule has 2 rings (SSSR count). The predicted molar refractivity (Wildman–Crippen MR) is 70.1 cm³/mol. The second-order valence-corrected chi connectivity index (χ2v) is 3.73. The Balaban J connectivity index is 2.35. The van der Waals surface area contributed by atoms with Gasteiger partial charge in [-0.3, -0.25) is 0 Å². The molecule has 2 aromatic carbocycles. The number of aromatic hydroxyl groups is 1. The molecule has 0 aliphatic rings. The molecule has 0 amide bonds. The Morgan fingerprint density at radius 2 is 1.84 bits per heavy atom. The van der Waals surface area contributed by atoms with E-state index in [4.69, 9.17) is 0 Å². The number of ether oxygens (including phenoxy) is 1. The average Bonchev–Trinajstić information content (AvgIpc) is 2.46. The molecule has 5 heteroatoms. The first-order valence-electron chi connectivity index (χ1n) is 5.59. The van der Waals surface area contributed by atoms with E-state index in [0.29, 0.717) is 11.4 Å². The average molecular weight is 256 g/mol. The number of methoxy groups -OCH3 is 1. The zero-order valence-electron chi connectivity index (χ0n) is 10.3. The molecule has 0 aliphatic carbocycles. The van der Waals surface area contributed by atoms with E-state index in [2.05, 4.69) is 15.0 Å². The lowest BCUT2D eigenvalue weighted by atomic mass is 10.2. The fraction of sp³-hybridized carbons (Fsp3) is 0.0714. The second kappa shape index (κ2) is 5.77. The molecule has 0 fully saturated rings. The quantitative estimate of drug-likeness (QED) is 0.673. The minimum absolute atomic E-state index is 0.0286. The molecule has 0 radical (unpaired) electrons. The Labute approximate surface area is 110 Å². The Hall–Kier alpha value is -2.69. The number of phenolic OH excluding ortho intramolecular Hbond substituents is 1. The number of rotatable bonds is 3. The third-order valence-electron chi connectivity index (χ3n) is 2.41. The van der Waals surface area contributed by atoms with Crippen LogP contribution in [0.15, 0.2) is 58.8 Å². The fourth-order valence-electron chi connectivity index (χ4n) is 1.49. The molecular weight excluding hydrogens is 244 g/mol. The molecule has 0 spiro atoms. The van der Waals surface area contributed by atoms with Crippen molar-refractivity contribution in [2.24, 2.45) is 10.2 Å². The SMILES string of the molecule is COC(=O)c1cc(O)ccc1N=Nc1ccccc1. The lowest BCUT2D eigenvalue weighted by molar-refractivity contribution is 0.0601. The smallest absolute Gasteiger partial charge is 0.340 e. The minimum atomic E-state index is -0.571. The Morgan fingerprint density at radius 3 is 2.53 bits per heavy atom. The first-order chi connectivity index (χ1) is 9.20. The Kier molecular flexibility index (Phi) is 3.87. The molecule has 0 aliphatic heterocycles. The lowest BCUT2D eigenvalue weighted by Gasteiger charge is -2.03. The summed E-state index contributed by atoms with van der Waals surface area (Å²) in [5.41, 5.74) is 1.18. The number of hydrogen-bond donors (Lipinski definition) is 1. The lowest BCUT2D eigenvalue weighted by Crippen LogP contribution is -2.01. The van der Waals surface area contributed by atoms with Crippen LogP contribution in [0.2, 0.25) is 0 Å². The van der Waals surface area contributed by atoms with Crippen LogP contribution in [0.4, 0.5) is 11.4 Å². The van der Waals surface area contributed by atoms with Gasteiger partial charge >= 0.3 is 5.97 Å². The number of azo groups is 1. The van der Waals surface area contributed by atoms with Gasteiger partial charge < -0.3 is 9.84 Å². The molecule has 5 nitrogen and oxygen atoms in total. The number of nitrogens with zero attached hydrogens (tertiary/aromatic N) is 2. The normalized spacial score (nSPS) is 10.6. The summed E-state index contributed by atoms with van der Waals surface area (Å²) in [5.74, 6) is -0.600. The van der Waals surface area contributed by atoms with Crippen LogP contribution in [0.3, 0.4) is 0 Å². The molecule has 0 unspecified atom stereocenters. The first-order valence-corrected chi connectivity index (χ1v) is 5.59. The number of hydrogen-bond acceptors (Lipinski definition) is 5. The monoisotopic (exact) mass is 256 g/mol. The van der Waals surface area contributed by atoms with Crippen molar-refractivity contribution in [2.75, 3.05) is 7.11 Å². The van der Waals surface area contributed by atoms with E-state index >= 15 is 0 Å². The van der Waals surface area contributed by atoms with E-state index in [1.807, 2.05) is 18.2 Å². The molecular formula is C14H12N2O3. The van der Waals surface area contributed by atoms with Gasteiger partial charge in [0.15, 0.2) is 0 Å². The standard InChI is InChI=1S/C14H12N2O3/c1-19-14(18)12-9-11(17)7-8-13(12)16-15-10-5-3-2-4-6-10/h2-9,17H,1H3. The summed E-state index contributed by atoms with van der Waals surface area (Å²) in [5, 5.41) is 17.4. The summed E-state index contributed by atoms with van der Waals surface area (Å²) in [7, 11) is 1.27. The van der Waals surface area contributed by atoms with Gasteiger partial charge in [0.05, 0.1) is 18.4 Å². The van der Waals surface area contributed by atoms with Gasteiger partial charge in [-0.2, -0.15) is 5.11 Å². The number of phenols is 1. The van der Waals surface area contributed by atoms with Crippen molar-refractivity contribution >= 4 is 17.3 Å². The van der Waals surface area contributed by atoms with Crippen molar-refractivity contribution in [2.45, 2.75) is 0 Å². The highest BCUT2D eigenvalue weighted by Gasteiger charge is 2.12. The zero-order chi connectivity index (χ0) is 13.7. The van der Waals surface area contributed by atoms with Gasteiger partial charge in [0.1, 0.15) is 11.4 Å². The van der Waals surface area contributed by atoms with Crippen molar-refractivity contribution in [1.29, 1.82) is 0 Å². The van der Waals surface area contributed by atoms with Crippen LogP contribution in [0.25, 0.3) is 0 Å². The van der Waals surface area contributed by atoms with Crippen molar-refractivity contribution < 1.29 is 14.6 Å². The van der Waals surface area contributed by atoms with E-state index in [9.17, 15) is 9.90 Å². The van der Waals surface area contributed by atoms with Crippen LogP contribution >= 0.6 is 0 Å². The summed E-state index contributed by atoms with van der Waals surface area (Å²) in [6.45, 7) is 0. The maximum absolute atomic E-state index is 11.6. The third kappa shape index (κ3) is 3.16. The fourth-order valence-corrected chi connectivity index (χ4v) is 1.49. The van der Waals surface area contributed by atoms with Gasteiger partial charge in [-0.15, -0.1) is 5.11 Å². The number of carbonyl (C=O) groups excluding carboxylic acids is 1. The van der Waals surface area contributed by atoms with E-state index < -0.39 is 5.97 Å². The number of benzene rings is 2. The van der Waals surface area contributed by atoms with E-state index in [0.717, 1.165) is 0 Å². The molecule has 0 saturated heterocycles. The van der Waals surface area contributed by atoms with E-state index in [1.165, 1.54) is 25.3 Å². The molecule has 0 saturated carbocycles. The summed E-state index contributed by atoms with van der Waals surface area (Å²) in [6, 6.07) is 13.4. The molecule has 0 aromatic heterocycles. The molecule has 0 atom stereocenters. The molecule has 0 bridgehead atoms. The maximum atomic E-state index is 11.6. The van der Waals surface area contributed by atoms with Gasteiger partial charge in [-0.1, -0.05) is 18.2 Å². The summed E-state index contributed by atoms with van der Waals surface area (Å²) >= 11 is 0. The van der Waals surface area contributed by atoms with Gasteiger partial charge in [-0.05, 0) is 30.3 Å². The van der Waals surface area contributed by atoms with Crippen LogP contribution in [-0.2, 0) is 4.74 Å². The highest BCUT2D eigenvalue weighted by molar-refractivity contribution is 5.95. The first kappa shape index (κ1) is 12.8. The highest BCUT2D eigenvalue weighted by atomic mass is 16.5. The van der Waals surface area contributed by atoms with Gasteiger partial charge in [-0.25, -0.2) is 4.79 Å². The summed E-state index contributed by atoms with van der Waals surface area (Å²) < 4.78 is 4.63. The summed E-state index contributed by atoms with van der Waals surface area (Å²) in [6.07, 6.45) is 0. The van der Waals surface area contributed by atoms with E-state index in [-0.39, 0.29) is 11.3 Å². The minimum Gasteiger partial charge on any atom is -0.508 e. The van der Waals surface area contributed by atoms with Crippen LogP contribution in [-0.4, -0.2) is 18.2 Å². The van der Waals surface area contributed by atoms with Gasteiger partial charge in [0.2, 0.25) is 0 Å². The Morgan fingerprint density at radius 1 is 1.11 bits per heavy atom. The number of carbonyl (C=O) groups is 1. The van der Waals surface area contributed by atoms with Crippen molar-refractivity contribution in [3.63, 3.8) is 0 Å².